The van der Waals surface area contributed by atoms with E-state index in [-0.39, 0.29) is 0 Å². The van der Waals surface area contributed by atoms with Crippen molar-refractivity contribution in [1.29, 1.82) is 0 Å². The zero-order valence-corrected chi connectivity index (χ0v) is 14.1. The predicted molar refractivity (Wildman–Crippen MR) is 101 cm³/mol. The molecular formula is C22H8S2. The molecule has 4 aromatic rings. The largest absolute Gasteiger partial charge is 0.134 e. The van der Waals surface area contributed by atoms with Crippen LogP contribution in [0, 0.1) is 48.5 Å². The highest BCUT2D eigenvalue weighted by Gasteiger charge is 1.89. The van der Waals surface area contributed by atoms with Crippen molar-refractivity contribution in [1.82, 2.24) is 0 Å². The predicted octanol–water partition coefficient (Wildman–Crippen LogP) is 5.92. The fourth-order valence-corrected chi connectivity index (χ4v) is 3.55. The highest BCUT2D eigenvalue weighted by atomic mass is 32.1. The van der Waals surface area contributed by atoms with Gasteiger partial charge in [-0.25, -0.2) is 0 Å². The molecule has 0 fully saturated rings. The number of hydrogen-bond acceptors (Lipinski definition) is 2. The van der Waals surface area contributed by atoms with Crippen molar-refractivity contribution in [2.45, 2.75) is 0 Å². The first-order valence-electron chi connectivity index (χ1n) is 7.20. The quantitative estimate of drug-likeness (QED) is 0.374. The molecule has 0 spiro atoms. The van der Waals surface area contributed by atoms with Crippen molar-refractivity contribution in [3.05, 3.63) is 95.7 Å². The van der Waals surface area contributed by atoms with Gasteiger partial charge in [0.25, 0.3) is 0 Å². The van der Waals surface area contributed by atoms with Crippen molar-refractivity contribution in [2.24, 2.45) is 0 Å². The Hall–Kier alpha value is -3.14. The van der Waals surface area contributed by atoms with Gasteiger partial charge in [-0.2, -0.15) is 0 Å². The maximum atomic E-state index is 3.23. The Kier molecular flexibility index (Phi) is 3.94. The van der Waals surface area contributed by atoms with Crippen LogP contribution in [0.3, 0.4) is 0 Å². The van der Waals surface area contributed by atoms with Gasteiger partial charge in [0.1, 0.15) is 0 Å². The Bertz CT molecular complexity index is 1030. The molecule has 108 valence electrons. The molecule has 0 atom stereocenters. The second-order valence-corrected chi connectivity index (χ2v) is 6.70. The first-order valence-corrected chi connectivity index (χ1v) is 8.96. The van der Waals surface area contributed by atoms with Gasteiger partial charge in [0.15, 0.2) is 0 Å². The Morgan fingerprint density at radius 1 is 0.500 bits per heavy atom. The molecule has 0 bridgehead atoms. The molecule has 24 heavy (non-hydrogen) atoms. The Morgan fingerprint density at radius 2 is 0.958 bits per heavy atom. The van der Waals surface area contributed by atoms with Crippen molar-refractivity contribution in [3.8, 4) is 0 Å². The first-order chi connectivity index (χ1) is 11.9. The van der Waals surface area contributed by atoms with Gasteiger partial charge in [0.05, 0.1) is 20.2 Å². The van der Waals surface area contributed by atoms with E-state index < -0.39 is 0 Å². The standard InChI is InChI=1S/C22H8S2/c1-2-6-18-10-12-20-14-16-24-22(20)8-4-3-7-21-19(13-15-23-21)11-9-17(18)5-1/h1-2,5-6,13-16H. The highest BCUT2D eigenvalue weighted by molar-refractivity contribution is 7.17. The summed E-state index contributed by atoms with van der Waals surface area (Å²) in [6.07, 6.45) is 0. The zero-order valence-electron chi connectivity index (χ0n) is 12.4. The Morgan fingerprint density at radius 3 is 1.46 bits per heavy atom. The molecule has 4 rings (SSSR count). The summed E-state index contributed by atoms with van der Waals surface area (Å²) in [6, 6.07) is 36.9. The molecule has 2 heteroatoms. The van der Waals surface area contributed by atoms with Gasteiger partial charge < -0.3 is 0 Å². The maximum absolute atomic E-state index is 3.23. The summed E-state index contributed by atoms with van der Waals surface area (Å²) in [5.74, 6) is 0. The number of fused-ring (bicyclic) bond motifs is 3. The highest BCUT2D eigenvalue weighted by Crippen LogP contribution is 2.16. The molecule has 2 heterocycles. The number of rotatable bonds is 0. The van der Waals surface area contributed by atoms with Gasteiger partial charge in [-0.05, 0) is 59.3 Å². The van der Waals surface area contributed by atoms with E-state index in [0.717, 1.165) is 30.9 Å². The third-order valence-corrected chi connectivity index (χ3v) is 5.00. The summed E-state index contributed by atoms with van der Waals surface area (Å²) in [5, 5.41) is 7.73. The van der Waals surface area contributed by atoms with E-state index in [2.05, 4.69) is 48.5 Å². The minimum absolute atomic E-state index is 0.926. The minimum Gasteiger partial charge on any atom is -0.134 e. The molecule has 0 N–H and O–H groups in total. The van der Waals surface area contributed by atoms with Crippen molar-refractivity contribution < 1.29 is 0 Å². The molecule has 0 aliphatic carbocycles. The topological polar surface area (TPSA) is 0 Å². The van der Waals surface area contributed by atoms with Gasteiger partial charge in [-0.1, -0.05) is 36.4 Å². The normalized spacial score (nSPS) is 9.17. The minimum atomic E-state index is 0.926. The molecule has 0 unspecified atom stereocenters. The summed E-state index contributed by atoms with van der Waals surface area (Å²) < 4.78 is 1.90. The van der Waals surface area contributed by atoms with Crippen LogP contribution in [0.4, 0.5) is 0 Å². The van der Waals surface area contributed by atoms with Crippen LogP contribution >= 0.6 is 22.7 Å². The molecule has 0 radical (unpaired) electrons. The van der Waals surface area contributed by atoms with E-state index in [9.17, 15) is 0 Å². The van der Waals surface area contributed by atoms with Gasteiger partial charge in [-0.3, -0.25) is 0 Å². The third kappa shape index (κ3) is 2.99. The lowest BCUT2D eigenvalue weighted by Crippen LogP contribution is -1.62. The van der Waals surface area contributed by atoms with E-state index in [1.807, 2.05) is 47.2 Å². The lowest BCUT2D eigenvalue weighted by Gasteiger charge is -1.84. The maximum Gasteiger partial charge on any atom is 0.0935 e. The summed E-state index contributed by atoms with van der Waals surface area (Å²) in [4.78, 5) is 0. The Labute approximate surface area is 149 Å². The number of hydrogen-bond donors (Lipinski definition) is 0. The molecule has 0 nitrogen and oxygen atoms in total. The van der Waals surface area contributed by atoms with E-state index in [4.69, 9.17) is 0 Å². The zero-order chi connectivity index (χ0) is 16.2. The van der Waals surface area contributed by atoms with Crippen LogP contribution in [0.1, 0.15) is 0 Å². The second-order valence-electron chi connectivity index (χ2n) is 4.87. The molecule has 2 aromatic carbocycles. The van der Waals surface area contributed by atoms with Crippen LogP contribution in [0.5, 0.6) is 0 Å². The SMILES string of the molecule is c1c#cc2sccc2c#cc2ccccc2c#cc2ccsc2c#1. The average molecular weight is 336 g/mol. The molecule has 0 saturated carbocycles. The van der Waals surface area contributed by atoms with Crippen molar-refractivity contribution in [3.63, 3.8) is 0 Å². The van der Waals surface area contributed by atoms with Crippen molar-refractivity contribution >= 4 is 53.6 Å². The second kappa shape index (κ2) is 6.54. The molecular weight excluding hydrogens is 328 g/mol. The van der Waals surface area contributed by atoms with E-state index in [0.29, 0.717) is 0 Å². The van der Waals surface area contributed by atoms with Crippen LogP contribution in [0.25, 0.3) is 30.9 Å². The fourth-order valence-electron chi connectivity index (χ4n) is 2.16. The molecule has 0 aliphatic heterocycles. The summed E-state index contributed by atoms with van der Waals surface area (Å²) in [6.45, 7) is 0. The summed E-state index contributed by atoms with van der Waals surface area (Å²) in [5.41, 5.74) is 0. The third-order valence-electron chi connectivity index (χ3n) is 3.34. The number of thiophene rings is 2. The van der Waals surface area contributed by atoms with E-state index in [1.165, 1.54) is 0 Å². The van der Waals surface area contributed by atoms with Gasteiger partial charge in [-0.15, -0.1) is 22.7 Å². The summed E-state index contributed by atoms with van der Waals surface area (Å²) >= 11 is 3.17. The van der Waals surface area contributed by atoms with Gasteiger partial charge in [0, 0.05) is 10.8 Å². The van der Waals surface area contributed by atoms with E-state index in [1.54, 1.807) is 22.7 Å². The Balaban J connectivity index is 2.12. The monoisotopic (exact) mass is 336 g/mol. The van der Waals surface area contributed by atoms with Crippen LogP contribution in [-0.4, -0.2) is 0 Å². The number of benzene rings is 1. The van der Waals surface area contributed by atoms with Crippen LogP contribution in [-0.2, 0) is 0 Å². The van der Waals surface area contributed by atoms with Crippen LogP contribution < -0.4 is 0 Å². The summed E-state index contributed by atoms with van der Waals surface area (Å²) in [7, 11) is 0. The molecule has 0 amide bonds. The van der Waals surface area contributed by atoms with Crippen LogP contribution in [0.2, 0.25) is 0 Å². The van der Waals surface area contributed by atoms with Gasteiger partial charge >= 0.3 is 0 Å². The lowest BCUT2D eigenvalue weighted by atomic mass is 10.2. The smallest absolute Gasteiger partial charge is 0.0935 e. The molecule has 0 aliphatic rings. The molecule has 2 aromatic heterocycles. The van der Waals surface area contributed by atoms with Gasteiger partial charge in [0.2, 0.25) is 0 Å². The van der Waals surface area contributed by atoms with E-state index >= 15 is 0 Å². The van der Waals surface area contributed by atoms with Crippen molar-refractivity contribution in [2.75, 3.05) is 0 Å². The first kappa shape index (κ1) is 14.5. The van der Waals surface area contributed by atoms with Crippen LogP contribution in [0.15, 0.2) is 47.2 Å². The lowest BCUT2D eigenvalue weighted by molar-refractivity contribution is 1.82. The molecule has 0 saturated heterocycles. The average Bonchev–Trinajstić information content (AvgIpc) is 3.24. The fraction of sp³-hybridized carbons (Fsp3) is 0.